The molecule has 0 aliphatic carbocycles. The molecule has 0 radical (unpaired) electrons. The van der Waals surface area contributed by atoms with Crippen molar-refractivity contribution in [2.45, 2.75) is 0 Å². The van der Waals surface area contributed by atoms with E-state index < -0.39 is 0 Å². The SMILES string of the molecule is C[O-].[Na+].c1cncnc1. The van der Waals surface area contributed by atoms with E-state index in [0.717, 1.165) is 7.11 Å². The molecule has 0 amide bonds. The van der Waals surface area contributed by atoms with E-state index in [0.29, 0.717) is 0 Å². The Hall–Kier alpha value is 0.0400. The van der Waals surface area contributed by atoms with Gasteiger partial charge in [0.2, 0.25) is 0 Å². The molecule has 0 aromatic carbocycles. The first-order chi connectivity index (χ1) is 4.00. The van der Waals surface area contributed by atoms with Crippen LogP contribution in [0.5, 0.6) is 0 Å². The summed E-state index contributed by atoms with van der Waals surface area (Å²) < 4.78 is 0. The number of rotatable bonds is 0. The van der Waals surface area contributed by atoms with Crippen molar-refractivity contribution in [2.75, 3.05) is 7.11 Å². The second-order valence-corrected chi connectivity index (χ2v) is 0.904. The summed E-state index contributed by atoms with van der Waals surface area (Å²) in [6, 6.07) is 1.78. The van der Waals surface area contributed by atoms with Crippen LogP contribution in [-0.2, 0) is 0 Å². The molecule has 9 heavy (non-hydrogen) atoms. The van der Waals surface area contributed by atoms with Gasteiger partial charge in [0, 0.05) is 12.4 Å². The molecule has 4 heteroatoms. The van der Waals surface area contributed by atoms with Gasteiger partial charge in [-0.3, -0.25) is 0 Å². The Balaban J connectivity index is 0. The molecule has 0 aliphatic heterocycles. The molecule has 0 bridgehead atoms. The fourth-order valence-corrected chi connectivity index (χ4v) is 0.253. The molecule has 0 spiro atoms. The molecule has 1 aromatic heterocycles. The largest absolute Gasteiger partial charge is 1.00 e. The van der Waals surface area contributed by atoms with Crippen molar-refractivity contribution in [3.63, 3.8) is 0 Å². The molecule has 1 aromatic rings. The van der Waals surface area contributed by atoms with E-state index in [1.54, 1.807) is 18.5 Å². The predicted octanol–water partition coefficient (Wildman–Crippen LogP) is -3.54. The smallest absolute Gasteiger partial charge is 0.857 e. The Morgan fingerprint density at radius 3 is 1.67 bits per heavy atom. The second kappa shape index (κ2) is 10.9. The molecule has 1 heterocycles. The van der Waals surface area contributed by atoms with Gasteiger partial charge in [0.1, 0.15) is 6.33 Å². The van der Waals surface area contributed by atoms with E-state index in [-0.39, 0.29) is 29.6 Å². The zero-order valence-electron chi connectivity index (χ0n) is 5.61. The van der Waals surface area contributed by atoms with Crippen LogP contribution in [0, 0.1) is 0 Å². The summed E-state index contributed by atoms with van der Waals surface area (Å²) in [7, 11) is 0.750. The Morgan fingerprint density at radius 2 is 1.56 bits per heavy atom. The van der Waals surface area contributed by atoms with Gasteiger partial charge in [-0.1, -0.05) is 0 Å². The minimum absolute atomic E-state index is 0. The average molecular weight is 134 g/mol. The van der Waals surface area contributed by atoms with Crippen molar-refractivity contribution in [2.24, 2.45) is 0 Å². The second-order valence-electron chi connectivity index (χ2n) is 0.904. The van der Waals surface area contributed by atoms with Gasteiger partial charge in [-0.05, 0) is 6.07 Å². The van der Waals surface area contributed by atoms with Crippen molar-refractivity contribution < 1.29 is 34.7 Å². The van der Waals surface area contributed by atoms with Crippen molar-refractivity contribution in [1.29, 1.82) is 0 Å². The minimum atomic E-state index is 0. The average Bonchev–Trinajstić information content (AvgIpc) is 1.96. The molecule has 3 nitrogen and oxygen atoms in total. The van der Waals surface area contributed by atoms with Crippen molar-refractivity contribution >= 4 is 0 Å². The first-order valence-electron chi connectivity index (χ1n) is 2.11. The number of hydrogen-bond acceptors (Lipinski definition) is 3. The Morgan fingerprint density at radius 1 is 1.11 bits per heavy atom. The quantitative estimate of drug-likeness (QED) is 0.345. The molecule has 0 atom stereocenters. The maximum atomic E-state index is 8.25. The van der Waals surface area contributed by atoms with Gasteiger partial charge < -0.3 is 5.11 Å². The molecule has 0 fully saturated rings. The third kappa shape index (κ3) is 8.04. The summed E-state index contributed by atoms with van der Waals surface area (Å²) in [6.07, 6.45) is 4.88. The Bertz CT molecular complexity index is 86.9. The van der Waals surface area contributed by atoms with Gasteiger partial charge in [-0.2, -0.15) is 7.11 Å². The van der Waals surface area contributed by atoms with E-state index in [4.69, 9.17) is 5.11 Å². The predicted molar refractivity (Wildman–Crippen MR) is 28.0 cm³/mol. The maximum absolute atomic E-state index is 8.25. The van der Waals surface area contributed by atoms with Crippen molar-refractivity contribution in [1.82, 2.24) is 9.97 Å². The third-order valence-electron chi connectivity index (χ3n) is 0.478. The summed E-state index contributed by atoms with van der Waals surface area (Å²) in [5.74, 6) is 0. The normalized spacial score (nSPS) is 6.00. The molecular formula is C5H7N2NaO. The Labute approximate surface area is 76.4 Å². The Kier molecular flexibility index (Phi) is 14.3. The van der Waals surface area contributed by atoms with Crippen LogP contribution in [0.25, 0.3) is 0 Å². The molecule has 0 saturated heterocycles. The van der Waals surface area contributed by atoms with E-state index in [9.17, 15) is 0 Å². The number of nitrogens with zero attached hydrogens (tertiary/aromatic N) is 2. The number of hydrogen-bond donors (Lipinski definition) is 0. The minimum Gasteiger partial charge on any atom is -0.857 e. The first-order valence-corrected chi connectivity index (χ1v) is 2.11. The van der Waals surface area contributed by atoms with Crippen LogP contribution in [0.2, 0.25) is 0 Å². The van der Waals surface area contributed by atoms with Crippen LogP contribution in [0.1, 0.15) is 0 Å². The van der Waals surface area contributed by atoms with E-state index >= 15 is 0 Å². The zero-order chi connectivity index (χ0) is 6.24. The zero-order valence-corrected chi connectivity index (χ0v) is 7.61. The standard InChI is InChI=1S/C4H4N2.CH3O.Na/c1-2-5-4-6-3-1;1-2;/h1-4H;1H3;/q;-1;+1. The molecule has 0 N–H and O–H groups in total. The van der Waals surface area contributed by atoms with E-state index in [1.807, 2.05) is 0 Å². The summed E-state index contributed by atoms with van der Waals surface area (Å²) in [5.41, 5.74) is 0. The van der Waals surface area contributed by atoms with Gasteiger partial charge in [-0.15, -0.1) is 0 Å². The topological polar surface area (TPSA) is 48.8 Å². The van der Waals surface area contributed by atoms with Crippen LogP contribution in [0.15, 0.2) is 24.8 Å². The van der Waals surface area contributed by atoms with Crippen LogP contribution in [0.4, 0.5) is 0 Å². The fraction of sp³-hybridized carbons (Fsp3) is 0.200. The van der Waals surface area contributed by atoms with E-state index in [2.05, 4.69) is 9.97 Å². The molecule has 0 aliphatic rings. The first kappa shape index (κ1) is 11.8. The van der Waals surface area contributed by atoms with Crippen molar-refractivity contribution in [3.05, 3.63) is 24.8 Å². The van der Waals surface area contributed by atoms with Crippen LogP contribution in [-0.4, -0.2) is 17.1 Å². The maximum Gasteiger partial charge on any atom is 1.00 e. The monoisotopic (exact) mass is 134 g/mol. The van der Waals surface area contributed by atoms with Gasteiger partial charge in [0.15, 0.2) is 0 Å². The van der Waals surface area contributed by atoms with Crippen LogP contribution < -0.4 is 34.7 Å². The molecule has 44 valence electrons. The molecule has 0 saturated carbocycles. The van der Waals surface area contributed by atoms with Crippen LogP contribution in [0.3, 0.4) is 0 Å². The number of aromatic nitrogens is 2. The van der Waals surface area contributed by atoms with Crippen molar-refractivity contribution in [3.8, 4) is 0 Å². The molecule has 0 unspecified atom stereocenters. The van der Waals surface area contributed by atoms with E-state index in [1.165, 1.54) is 6.33 Å². The third-order valence-corrected chi connectivity index (χ3v) is 0.478. The van der Waals surface area contributed by atoms with Gasteiger partial charge in [0.05, 0.1) is 0 Å². The molecular weight excluding hydrogens is 127 g/mol. The summed E-state index contributed by atoms with van der Waals surface area (Å²) >= 11 is 0. The summed E-state index contributed by atoms with van der Waals surface area (Å²) in [4.78, 5) is 7.35. The summed E-state index contributed by atoms with van der Waals surface area (Å²) in [5, 5.41) is 8.25. The van der Waals surface area contributed by atoms with Crippen LogP contribution >= 0.6 is 0 Å². The summed E-state index contributed by atoms with van der Waals surface area (Å²) in [6.45, 7) is 0. The molecule has 1 rings (SSSR count). The fourth-order valence-electron chi connectivity index (χ4n) is 0.253. The van der Waals surface area contributed by atoms with Gasteiger partial charge >= 0.3 is 29.6 Å². The van der Waals surface area contributed by atoms with Gasteiger partial charge in [0.25, 0.3) is 0 Å². The van der Waals surface area contributed by atoms with Gasteiger partial charge in [-0.25, -0.2) is 9.97 Å².